The molecule has 0 aliphatic carbocycles. The lowest BCUT2D eigenvalue weighted by molar-refractivity contribution is 0.0950. The Hall–Kier alpha value is -1.89. The summed E-state index contributed by atoms with van der Waals surface area (Å²) < 4.78 is 26.9. The summed E-state index contributed by atoms with van der Waals surface area (Å²) in [5, 5.41) is 3.47. The van der Waals surface area contributed by atoms with Crippen LogP contribution in [0.2, 0.25) is 5.02 Å². The molecule has 138 valence electrons. The van der Waals surface area contributed by atoms with E-state index in [9.17, 15) is 13.2 Å². The van der Waals surface area contributed by atoms with Crippen LogP contribution in [-0.4, -0.2) is 31.7 Å². The first kappa shape index (κ1) is 18.9. The van der Waals surface area contributed by atoms with E-state index < -0.39 is 10.0 Å². The number of carbonyl (C=O) groups excluding carboxylic acids is 1. The van der Waals surface area contributed by atoms with Crippen molar-refractivity contribution in [3.8, 4) is 0 Å². The SMILES string of the molecule is Cc1ccc(S(=O)(=O)N2CCCC2)cc1C(=O)NCc1ccc(Cl)cc1. The van der Waals surface area contributed by atoms with Crippen molar-refractivity contribution in [3.63, 3.8) is 0 Å². The second kappa shape index (κ2) is 7.78. The maximum absolute atomic E-state index is 12.7. The first-order valence-electron chi connectivity index (χ1n) is 8.51. The zero-order chi connectivity index (χ0) is 18.7. The molecule has 5 nitrogen and oxygen atoms in total. The molecule has 0 bridgehead atoms. The number of nitrogens with one attached hydrogen (secondary N) is 1. The number of halogens is 1. The van der Waals surface area contributed by atoms with Gasteiger partial charge in [0, 0.05) is 30.2 Å². The van der Waals surface area contributed by atoms with Gasteiger partial charge in [0.2, 0.25) is 10.0 Å². The Morgan fingerprint density at radius 1 is 1.12 bits per heavy atom. The molecular weight excluding hydrogens is 372 g/mol. The van der Waals surface area contributed by atoms with Gasteiger partial charge in [0.05, 0.1) is 4.90 Å². The highest BCUT2D eigenvalue weighted by molar-refractivity contribution is 7.89. The molecule has 0 radical (unpaired) electrons. The van der Waals surface area contributed by atoms with Gasteiger partial charge in [-0.1, -0.05) is 29.8 Å². The van der Waals surface area contributed by atoms with Gasteiger partial charge in [0.15, 0.2) is 0 Å². The molecule has 0 spiro atoms. The van der Waals surface area contributed by atoms with Crippen molar-refractivity contribution < 1.29 is 13.2 Å². The van der Waals surface area contributed by atoms with Gasteiger partial charge in [0.25, 0.3) is 5.91 Å². The molecule has 26 heavy (non-hydrogen) atoms. The van der Waals surface area contributed by atoms with E-state index >= 15 is 0 Å². The quantitative estimate of drug-likeness (QED) is 0.848. The van der Waals surface area contributed by atoms with Crippen LogP contribution in [0.15, 0.2) is 47.4 Å². The Labute approximate surface area is 159 Å². The smallest absolute Gasteiger partial charge is 0.251 e. The fourth-order valence-electron chi connectivity index (χ4n) is 2.96. The van der Waals surface area contributed by atoms with Crippen LogP contribution in [0.5, 0.6) is 0 Å². The van der Waals surface area contributed by atoms with E-state index in [4.69, 9.17) is 11.6 Å². The normalized spacial score (nSPS) is 15.2. The lowest BCUT2D eigenvalue weighted by Gasteiger charge is -2.17. The number of aryl methyl sites for hydroxylation is 1. The molecule has 2 aromatic rings. The third-order valence-corrected chi connectivity index (χ3v) is 6.67. The molecule has 1 heterocycles. The Kier molecular flexibility index (Phi) is 5.65. The standard InChI is InChI=1S/C19H21ClN2O3S/c1-14-4-9-17(26(24,25)22-10-2-3-11-22)12-18(14)19(23)21-13-15-5-7-16(20)8-6-15/h4-9,12H,2-3,10-11,13H2,1H3,(H,21,23). The molecule has 0 atom stereocenters. The summed E-state index contributed by atoms with van der Waals surface area (Å²) in [6.45, 7) is 3.21. The van der Waals surface area contributed by atoms with Crippen LogP contribution in [0.3, 0.4) is 0 Å². The van der Waals surface area contributed by atoms with Crippen molar-refractivity contribution >= 4 is 27.5 Å². The van der Waals surface area contributed by atoms with Gasteiger partial charge in [-0.3, -0.25) is 4.79 Å². The van der Waals surface area contributed by atoms with Crippen LogP contribution in [0.25, 0.3) is 0 Å². The van der Waals surface area contributed by atoms with E-state index in [1.165, 1.54) is 10.4 Å². The van der Waals surface area contributed by atoms with Gasteiger partial charge in [0.1, 0.15) is 0 Å². The molecule has 1 fully saturated rings. The van der Waals surface area contributed by atoms with E-state index in [1.54, 1.807) is 31.2 Å². The number of hydrogen-bond donors (Lipinski definition) is 1. The number of nitrogens with zero attached hydrogens (tertiary/aromatic N) is 1. The van der Waals surface area contributed by atoms with Gasteiger partial charge < -0.3 is 5.32 Å². The molecule has 0 aromatic heterocycles. The number of hydrogen-bond acceptors (Lipinski definition) is 3. The summed E-state index contributed by atoms with van der Waals surface area (Å²) >= 11 is 5.86. The number of sulfonamides is 1. The second-order valence-corrected chi connectivity index (χ2v) is 8.77. The molecule has 0 saturated carbocycles. The third-order valence-electron chi connectivity index (χ3n) is 4.52. The van der Waals surface area contributed by atoms with Gasteiger partial charge in [-0.2, -0.15) is 4.31 Å². The van der Waals surface area contributed by atoms with Crippen LogP contribution in [-0.2, 0) is 16.6 Å². The minimum absolute atomic E-state index is 0.168. The van der Waals surface area contributed by atoms with E-state index in [-0.39, 0.29) is 10.8 Å². The highest BCUT2D eigenvalue weighted by Gasteiger charge is 2.28. The molecule has 1 aliphatic rings. The number of amides is 1. The van der Waals surface area contributed by atoms with Crippen LogP contribution >= 0.6 is 11.6 Å². The maximum Gasteiger partial charge on any atom is 0.251 e. The summed E-state index contributed by atoms with van der Waals surface area (Å²) in [5.41, 5.74) is 2.03. The number of carbonyl (C=O) groups is 1. The van der Waals surface area contributed by atoms with Gasteiger partial charge >= 0.3 is 0 Å². The third kappa shape index (κ3) is 4.09. The summed E-state index contributed by atoms with van der Waals surface area (Å²) in [4.78, 5) is 12.7. The fourth-order valence-corrected chi connectivity index (χ4v) is 4.63. The highest BCUT2D eigenvalue weighted by atomic mass is 35.5. The zero-order valence-electron chi connectivity index (χ0n) is 14.5. The molecule has 0 unspecified atom stereocenters. The van der Waals surface area contributed by atoms with E-state index in [0.717, 1.165) is 24.0 Å². The van der Waals surface area contributed by atoms with Crippen LogP contribution in [0.1, 0.15) is 34.3 Å². The zero-order valence-corrected chi connectivity index (χ0v) is 16.1. The molecular formula is C19H21ClN2O3S. The summed E-state index contributed by atoms with van der Waals surface area (Å²) in [6, 6.07) is 11.9. The van der Waals surface area contributed by atoms with Gasteiger partial charge in [-0.25, -0.2) is 8.42 Å². The Morgan fingerprint density at radius 3 is 2.42 bits per heavy atom. The second-order valence-electron chi connectivity index (χ2n) is 6.40. The average molecular weight is 393 g/mol. The summed E-state index contributed by atoms with van der Waals surface area (Å²) in [7, 11) is -3.54. The first-order chi connectivity index (χ1) is 12.4. The van der Waals surface area contributed by atoms with Crippen LogP contribution in [0, 0.1) is 6.92 Å². The van der Waals surface area contributed by atoms with Crippen molar-refractivity contribution in [1.29, 1.82) is 0 Å². The monoisotopic (exact) mass is 392 g/mol. The van der Waals surface area contributed by atoms with Crippen molar-refractivity contribution in [1.82, 2.24) is 9.62 Å². The van der Waals surface area contributed by atoms with Crippen molar-refractivity contribution in [2.75, 3.05) is 13.1 Å². The number of rotatable bonds is 5. The molecule has 3 rings (SSSR count). The predicted octanol–water partition coefficient (Wildman–Crippen LogP) is 3.36. The topological polar surface area (TPSA) is 66.5 Å². The maximum atomic E-state index is 12.7. The summed E-state index contributed by atoms with van der Waals surface area (Å²) in [6.07, 6.45) is 1.75. The van der Waals surface area contributed by atoms with Crippen molar-refractivity contribution in [3.05, 3.63) is 64.2 Å². The van der Waals surface area contributed by atoms with Crippen LogP contribution in [0.4, 0.5) is 0 Å². The first-order valence-corrected chi connectivity index (χ1v) is 10.3. The lowest BCUT2D eigenvalue weighted by atomic mass is 10.1. The Morgan fingerprint density at radius 2 is 1.77 bits per heavy atom. The molecule has 1 saturated heterocycles. The highest BCUT2D eigenvalue weighted by Crippen LogP contribution is 2.23. The Balaban J connectivity index is 1.78. The largest absolute Gasteiger partial charge is 0.348 e. The molecule has 1 N–H and O–H groups in total. The minimum Gasteiger partial charge on any atom is -0.348 e. The molecule has 7 heteroatoms. The Bertz CT molecular complexity index is 905. The number of benzene rings is 2. The minimum atomic E-state index is -3.54. The van der Waals surface area contributed by atoms with Crippen LogP contribution < -0.4 is 5.32 Å². The molecule has 2 aromatic carbocycles. The molecule has 1 amide bonds. The molecule has 1 aliphatic heterocycles. The summed E-state index contributed by atoms with van der Waals surface area (Å²) in [5.74, 6) is -0.295. The average Bonchev–Trinajstić information content (AvgIpc) is 3.17. The van der Waals surface area contributed by atoms with E-state index in [1.807, 2.05) is 12.1 Å². The van der Waals surface area contributed by atoms with Gasteiger partial charge in [-0.15, -0.1) is 0 Å². The van der Waals surface area contributed by atoms with Crippen molar-refractivity contribution in [2.24, 2.45) is 0 Å². The predicted molar refractivity (Wildman–Crippen MR) is 102 cm³/mol. The van der Waals surface area contributed by atoms with E-state index in [0.29, 0.717) is 30.2 Å². The van der Waals surface area contributed by atoms with Crippen molar-refractivity contribution in [2.45, 2.75) is 31.2 Å². The lowest BCUT2D eigenvalue weighted by Crippen LogP contribution is -2.29. The van der Waals surface area contributed by atoms with Gasteiger partial charge in [-0.05, 0) is 55.2 Å². The van der Waals surface area contributed by atoms with E-state index in [2.05, 4.69) is 5.32 Å². The fraction of sp³-hybridized carbons (Fsp3) is 0.316.